The number of rotatable bonds is 6. The second-order valence-corrected chi connectivity index (χ2v) is 5.82. The first-order chi connectivity index (χ1) is 9.27. The topological polar surface area (TPSA) is 72.5 Å². The molecule has 0 amide bonds. The lowest BCUT2D eigenvalue weighted by molar-refractivity contribution is -0.147. The molecule has 5 nitrogen and oxygen atoms in total. The zero-order chi connectivity index (χ0) is 15.3. The van der Waals surface area contributed by atoms with Gasteiger partial charge in [0.2, 0.25) is 10.0 Å². The Morgan fingerprint density at radius 1 is 1.40 bits per heavy atom. The van der Waals surface area contributed by atoms with Gasteiger partial charge in [0.1, 0.15) is 16.5 Å². The molecule has 1 unspecified atom stereocenters. The van der Waals surface area contributed by atoms with Crippen LogP contribution in [0.3, 0.4) is 0 Å². The molecule has 112 valence electrons. The Balaban J connectivity index is 2.78. The van der Waals surface area contributed by atoms with E-state index >= 15 is 0 Å². The Labute approximate surface area is 116 Å². The Morgan fingerprint density at radius 2 is 2.05 bits per heavy atom. The first-order valence-electron chi connectivity index (χ1n) is 5.89. The van der Waals surface area contributed by atoms with E-state index in [2.05, 4.69) is 4.72 Å². The van der Waals surface area contributed by atoms with Crippen LogP contribution >= 0.6 is 0 Å². The maximum Gasteiger partial charge on any atom is 0.309 e. The van der Waals surface area contributed by atoms with Gasteiger partial charge >= 0.3 is 5.97 Å². The van der Waals surface area contributed by atoms with E-state index in [4.69, 9.17) is 4.74 Å². The molecule has 0 saturated carbocycles. The standard InChI is InChI=1S/C12H15F2NO4S/c1-3-19-12(16)8(2)7-15-20(17,18)11-5-4-9(13)6-10(11)14/h4-6,8,15H,3,7H2,1-2H3. The molecule has 20 heavy (non-hydrogen) atoms. The molecule has 0 heterocycles. The molecule has 0 fully saturated rings. The molecule has 0 bridgehead atoms. The predicted octanol–water partition coefficient (Wildman–Crippen LogP) is 1.44. The van der Waals surface area contributed by atoms with Crippen molar-refractivity contribution >= 4 is 16.0 Å². The molecular formula is C12H15F2NO4S. The summed E-state index contributed by atoms with van der Waals surface area (Å²) >= 11 is 0. The molecular weight excluding hydrogens is 292 g/mol. The highest BCUT2D eigenvalue weighted by molar-refractivity contribution is 7.89. The summed E-state index contributed by atoms with van der Waals surface area (Å²) in [5.74, 6) is -3.34. The van der Waals surface area contributed by atoms with Crippen molar-refractivity contribution in [1.29, 1.82) is 0 Å². The second-order valence-electron chi connectivity index (χ2n) is 4.08. The molecule has 1 atom stereocenters. The van der Waals surface area contributed by atoms with Crippen LogP contribution in [0.2, 0.25) is 0 Å². The van der Waals surface area contributed by atoms with Gasteiger partial charge in [-0.2, -0.15) is 0 Å². The van der Waals surface area contributed by atoms with E-state index in [1.54, 1.807) is 6.92 Å². The monoisotopic (exact) mass is 307 g/mol. The summed E-state index contributed by atoms with van der Waals surface area (Å²) in [4.78, 5) is 10.7. The molecule has 0 aliphatic heterocycles. The molecule has 0 saturated heterocycles. The number of carbonyl (C=O) groups is 1. The van der Waals surface area contributed by atoms with Crippen LogP contribution in [0, 0.1) is 17.6 Å². The van der Waals surface area contributed by atoms with E-state index in [1.807, 2.05) is 0 Å². The van der Waals surface area contributed by atoms with Gasteiger partial charge < -0.3 is 4.74 Å². The van der Waals surface area contributed by atoms with Crippen molar-refractivity contribution in [3.8, 4) is 0 Å². The quantitative estimate of drug-likeness (QED) is 0.807. The third kappa shape index (κ3) is 4.24. The predicted molar refractivity (Wildman–Crippen MR) is 67.3 cm³/mol. The minimum absolute atomic E-state index is 0.183. The van der Waals surface area contributed by atoms with E-state index in [0.717, 1.165) is 12.1 Å². The van der Waals surface area contributed by atoms with E-state index in [0.29, 0.717) is 6.07 Å². The molecule has 0 aliphatic rings. The second kappa shape index (κ2) is 6.76. The Bertz CT molecular complexity index is 589. The average Bonchev–Trinajstić information content (AvgIpc) is 2.35. The van der Waals surface area contributed by atoms with Gasteiger partial charge in [0.05, 0.1) is 12.5 Å². The maximum atomic E-state index is 13.4. The summed E-state index contributed by atoms with van der Waals surface area (Å²) < 4.78 is 56.6. The summed E-state index contributed by atoms with van der Waals surface area (Å²) in [7, 11) is -4.15. The minimum atomic E-state index is -4.15. The zero-order valence-electron chi connectivity index (χ0n) is 11.0. The molecule has 1 rings (SSSR count). The van der Waals surface area contributed by atoms with Crippen LogP contribution in [-0.4, -0.2) is 27.5 Å². The normalized spacial score (nSPS) is 13.0. The minimum Gasteiger partial charge on any atom is -0.466 e. The number of carbonyl (C=O) groups excluding carboxylic acids is 1. The van der Waals surface area contributed by atoms with Crippen LogP contribution < -0.4 is 4.72 Å². The van der Waals surface area contributed by atoms with E-state index in [-0.39, 0.29) is 13.2 Å². The highest BCUT2D eigenvalue weighted by Gasteiger charge is 2.22. The lowest BCUT2D eigenvalue weighted by atomic mass is 10.2. The van der Waals surface area contributed by atoms with Crippen molar-refractivity contribution in [1.82, 2.24) is 4.72 Å². The van der Waals surface area contributed by atoms with E-state index < -0.39 is 38.4 Å². The Morgan fingerprint density at radius 3 is 2.60 bits per heavy atom. The SMILES string of the molecule is CCOC(=O)C(C)CNS(=O)(=O)c1ccc(F)cc1F. The van der Waals surface area contributed by atoms with Gasteiger partial charge in [0, 0.05) is 12.6 Å². The van der Waals surface area contributed by atoms with Crippen molar-refractivity contribution in [3.05, 3.63) is 29.8 Å². The molecule has 0 spiro atoms. The van der Waals surface area contributed by atoms with Crippen molar-refractivity contribution in [3.63, 3.8) is 0 Å². The lowest BCUT2D eigenvalue weighted by Gasteiger charge is -2.12. The number of hydrogen-bond donors (Lipinski definition) is 1. The third-order valence-electron chi connectivity index (χ3n) is 2.45. The molecule has 0 aliphatic carbocycles. The Hall–Kier alpha value is -1.54. The molecule has 1 aromatic rings. The van der Waals surface area contributed by atoms with E-state index in [1.165, 1.54) is 6.92 Å². The van der Waals surface area contributed by atoms with Gasteiger partial charge in [-0.1, -0.05) is 6.92 Å². The van der Waals surface area contributed by atoms with Gasteiger partial charge in [-0.3, -0.25) is 4.79 Å². The van der Waals surface area contributed by atoms with Crippen molar-refractivity contribution < 1.29 is 26.7 Å². The van der Waals surface area contributed by atoms with Gasteiger partial charge in [0.25, 0.3) is 0 Å². The number of benzene rings is 1. The number of esters is 1. The van der Waals surface area contributed by atoms with Crippen LogP contribution in [0.25, 0.3) is 0 Å². The molecule has 0 radical (unpaired) electrons. The molecule has 1 aromatic carbocycles. The number of sulfonamides is 1. The first-order valence-corrected chi connectivity index (χ1v) is 7.37. The fourth-order valence-electron chi connectivity index (χ4n) is 1.37. The van der Waals surface area contributed by atoms with Crippen LogP contribution in [0.15, 0.2) is 23.1 Å². The third-order valence-corrected chi connectivity index (χ3v) is 3.91. The van der Waals surface area contributed by atoms with Gasteiger partial charge in [-0.25, -0.2) is 21.9 Å². The smallest absolute Gasteiger partial charge is 0.309 e. The highest BCUT2D eigenvalue weighted by Crippen LogP contribution is 2.15. The van der Waals surface area contributed by atoms with Crippen molar-refractivity contribution in [2.75, 3.05) is 13.2 Å². The maximum absolute atomic E-state index is 13.4. The van der Waals surface area contributed by atoms with Crippen LogP contribution in [-0.2, 0) is 19.6 Å². The molecule has 1 N–H and O–H groups in total. The largest absolute Gasteiger partial charge is 0.466 e. The fourth-order valence-corrected chi connectivity index (χ4v) is 2.56. The van der Waals surface area contributed by atoms with Crippen LogP contribution in [0.1, 0.15) is 13.8 Å². The fraction of sp³-hybridized carbons (Fsp3) is 0.417. The van der Waals surface area contributed by atoms with Gasteiger partial charge in [-0.15, -0.1) is 0 Å². The van der Waals surface area contributed by atoms with Gasteiger partial charge in [0.15, 0.2) is 0 Å². The van der Waals surface area contributed by atoms with E-state index in [9.17, 15) is 22.0 Å². The summed E-state index contributed by atoms with van der Waals surface area (Å²) in [6.07, 6.45) is 0. The number of nitrogens with one attached hydrogen (secondary N) is 1. The summed E-state index contributed by atoms with van der Waals surface area (Å²) in [5.41, 5.74) is 0. The summed E-state index contributed by atoms with van der Waals surface area (Å²) in [6, 6.07) is 2.14. The van der Waals surface area contributed by atoms with Crippen molar-refractivity contribution in [2.24, 2.45) is 5.92 Å². The van der Waals surface area contributed by atoms with Gasteiger partial charge in [-0.05, 0) is 19.1 Å². The number of hydrogen-bond acceptors (Lipinski definition) is 4. The Kier molecular flexibility index (Phi) is 5.58. The van der Waals surface area contributed by atoms with Crippen LogP contribution in [0.4, 0.5) is 8.78 Å². The lowest BCUT2D eigenvalue weighted by Crippen LogP contribution is -2.32. The summed E-state index contributed by atoms with van der Waals surface area (Å²) in [6.45, 7) is 3.05. The average molecular weight is 307 g/mol. The number of ether oxygens (including phenoxy) is 1. The first kappa shape index (κ1) is 16.5. The van der Waals surface area contributed by atoms with Crippen LogP contribution in [0.5, 0.6) is 0 Å². The number of halogens is 2. The van der Waals surface area contributed by atoms with Crippen molar-refractivity contribution in [2.45, 2.75) is 18.7 Å². The molecule has 0 aromatic heterocycles. The highest BCUT2D eigenvalue weighted by atomic mass is 32.2. The molecule has 8 heteroatoms. The zero-order valence-corrected chi connectivity index (χ0v) is 11.8. The summed E-state index contributed by atoms with van der Waals surface area (Å²) in [5, 5.41) is 0.